The van der Waals surface area contributed by atoms with Crippen molar-refractivity contribution < 1.29 is 19.4 Å². The van der Waals surface area contributed by atoms with Gasteiger partial charge in [-0.05, 0) is 19.3 Å². The van der Waals surface area contributed by atoms with Crippen LogP contribution < -0.4 is 0 Å². The van der Waals surface area contributed by atoms with Crippen LogP contribution in [0.5, 0.6) is 0 Å². The van der Waals surface area contributed by atoms with Gasteiger partial charge in [-0.1, -0.05) is 207 Å². The number of aliphatic carboxylic acids is 1. The fourth-order valence-corrected chi connectivity index (χ4v) is 7.98. The Morgan fingerprint density at radius 3 is 1.15 bits per heavy atom. The fraction of sp³-hybridized carbons (Fsp3) is 0.952. The lowest BCUT2D eigenvalue weighted by atomic mass is 9.79. The molecule has 0 saturated carbocycles. The van der Waals surface area contributed by atoms with Gasteiger partial charge < -0.3 is 9.84 Å². The highest BCUT2D eigenvalue weighted by Gasteiger charge is 2.37. The van der Waals surface area contributed by atoms with E-state index in [0.717, 1.165) is 51.4 Å². The first-order chi connectivity index (χ1) is 23.0. The van der Waals surface area contributed by atoms with Crippen molar-refractivity contribution in [2.24, 2.45) is 5.41 Å². The number of hydrogen-bond donors (Lipinski definition) is 1. The second kappa shape index (κ2) is 36.6. The van der Waals surface area contributed by atoms with Crippen molar-refractivity contribution in [3.63, 3.8) is 0 Å². The Kier molecular flexibility index (Phi) is 36.0. The second-order valence-electron chi connectivity index (χ2n) is 14.7. The number of hydrogen-bond acceptors (Lipinski definition) is 4. The topological polar surface area (TPSA) is 63.6 Å². The molecule has 0 heterocycles. The van der Waals surface area contributed by atoms with Crippen LogP contribution in [0.1, 0.15) is 233 Å². The van der Waals surface area contributed by atoms with E-state index in [0.29, 0.717) is 24.5 Å². The van der Waals surface area contributed by atoms with E-state index in [1.165, 1.54) is 154 Å². The largest absolute Gasteiger partial charge is 0.481 e. The van der Waals surface area contributed by atoms with Crippen molar-refractivity contribution >= 4 is 23.7 Å². The number of rotatable bonds is 39. The van der Waals surface area contributed by atoms with Crippen molar-refractivity contribution in [3.8, 4) is 0 Å². The molecule has 0 fully saturated rings. The van der Waals surface area contributed by atoms with Crippen LogP contribution in [0, 0.1) is 5.41 Å². The van der Waals surface area contributed by atoms with Gasteiger partial charge >= 0.3 is 11.9 Å². The third kappa shape index (κ3) is 31.0. The van der Waals surface area contributed by atoms with E-state index in [9.17, 15) is 14.7 Å². The van der Waals surface area contributed by atoms with Gasteiger partial charge in [-0.25, -0.2) is 0 Å². The molecule has 0 saturated heterocycles. The summed E-state index contributed by atoms with van der Waals surface area (Å²) in [6.07, 6.45) is 40.0. The second-order valence-corrected chi connectivity index (χ2v) is 15.8. The van der Waals surface area contributed by atoms with Crippen molar-refractivity contribution in [1.82, 2.24) is 0 Å². The minimum absolute atomic E-state index is 0.126. The lowest BCUT2D eigenvalue weighted by Gasteiger charge is -2.29. The molecule has 0 aromatic carbocycles. The first kappa shape index (κ1) is 46.3. The van der Waals surface area contributed by atoms with Gasteiger partial charge in [-0.2, -0.15) is 11.8 Å². The first-order valence-electron chi connectivity index (χ1n) is 21.0. The van der Waals surface area contributed by atoms with E-state index in [1.807, 2.05) is 0 Å². The van der Waals surface area contributed by atoms with Crippen LogP contribution in [0.4, 0.5) is 0 Å². The fourth-order valence-electron chi connectivity index (χ4n) is 6.72. The monoisotopic (exact) mass is 683 g/mol. The zero-order valence-corrected chi connectivity index (χ0v) is 32.9. The summed E-state index contributed by atoms with van der Waals surface area (Å²) in [7, 11) is 0. The Bertz CT molecular complexity index is 643. The molecule has 0 atom stereocenters. The summed E-state index contributed by atoms with van der Waals surface area (Å²) in [5.41, 5.74) is -0.662. The van der Waals surface area contributed by atoms with Crippen LogP contribution in [-0.4, -0.2) is 35.2 Å². The van der Waals surface area contributed by atoms with Crippen LogP contribution in [-0.2, 0) is 14.3 Å². The van der Waals surface area contributed by atoms with Crippen molar-refractivity contribution in [2.45, 2.75) is 233 Å². The molecule has 1 N–H and O–H groups in total. The third-order valence-electron chi connectivity index (χ3n) is 10.1. The molecule has 0 aliphatic rings. The van der Waals surface area contributed by atoms with Crippen LogP contribution in [0.2, 0.25) is 0 Å². The SMILES string of the molecule is CCCCCCCCCCCCOC(=O)CCSCC(CCCCCCCCCCCC)(CCCCCCCCCCCC)C(=O)O. The van der Waals surface area contributed by atoms with E-state index in [2.05, 4.69) is 20.8 Å². The highest BCUT2D eigenvalue weighted by atomic mass is 32.2. The van der Waals surface area contributed by atoms with Gasteiger partial charge in [-0.3, -0.25) is 9.59 Å². The lowest BCUT2D eigenvalue weighted by molar-refractivity contribution is -0.148. The van der Waals surface area contributed by atoms with Crippen molar-refractivity contribution in [1.29, 1.82) is 0 Å². The highest BCUT2D eigenvalue weighted by Crippen LogP contribution is 2.36. The summed E-state index contributed by atoms with van der Waals surface area (Å²) >= 11 is 1.66. The minimum atomic E-state index is -0.662. The van der Waals surface area contributed by atoms with Gasteiger partial charge in [0.1, 0.15) is 0 Å². The van der Waals surface area contributed by atoms with Crippen LogP contribution in [0.3, 0.4) is 0 Å². The standard InChI is InChI=1S/C42H82O4S/c1-4-7-10-13-16-19-22-25-28-31-35-42(41(44)45,36-32-29-26-23-20-17-14-11-8-5-2)39-47-38-34-40(43)46-37-33-30-27-24-21-18-15-12-9-6-3/h4-39H2,1-3H3,(H,44,45). The summed E-state index contributed by atoms with van der Waals surface area (Å²) < 4.78 is 5.50. The van der Waals surface area contributed by atoms with E-state index in [4.69, 9.17) is 4.74 Å². The number of esters is 1. The van der Waals surface area contributed by atoms with E-state index < -0.39 is 11.4 Å². The molecule has 47 heavy (non-hydrogen) atoms. The number of unbranched alkanes of at least 4 members (excludes halogenated alkanes) is 27. The average Bonchev–Trinajstić information content (AvgIpc) is 3.06. The summed E-state index contributed by atoms with van der Waals surface area (Å²) in [4.78, 5) is 25.1. The molecule has 0 amide bonds. The summed E-state index contributed by atoms with van der Waals surface area (Å²) in [5, 5.41) is 10.5. The number of ether oxygens (including phenoxy) is 1. The molecule has 0 aliphatic carbocycles. The van der Waals surface area contributed by atoms with Gasteiger partial charge in [0.2, 0.25) is 0 Å². The van der Waals surface area contributed by atoms with Gasteiger partial charge in [0.25, 0.3) is 0 Å². The van der Waals surface area contributed by atoms with E-state index in [1.54, 1.807) is 11.8 Å². The molecular formula is C42H82O4S. The predicted octanol–water partition coefficient (Wildman–Crippen LogP) is 14.3. The molecule has 0 aromatic heterocycles. The molecule has 0 unspecified atom stereocenters. The predicted molar refractivity (Wildman–Crippen MR) is 208 cm³/mol. The minimum Gasteiger partial charge on any atom is -0.481 e. The number of carbonyl (C=O) groups excluding carboxylic acids is 1. The molecule has 5 heteroatoms. The molecule has 0 rings (SSSR count). The quantitative estimate of drug-likeness (QED) is 0.0516. The summed E-state index contributed by atoms with van der Waals surface area (Å²) in [6, 6.07) is 0. The zero-order valence-electron chi connectivity index (χ0n) is 32.0. The number of thioether (sulfide) groups is 1. The van der Waals surface area contributed by atoms with Gasteiger partial charge in [0.15, 0.2) is 0 Å². The average molecular weight is 683 g/mol. The summed E-state index contributed by atoms with van der Waals surface area (Å²) in [6.45, 7) is 7.31. The molecular weight excluding hydrogens is 601 g/mol. The first-order valence-corrected chi connectivity index (χ1v) is 22.1. The smallest absolute Gasteiger partial charge is 0.310 e. The number of carbonyl (C=O) groups is 2. The van der Waals surface area contributed by atoms with Gasteiger partial charge in [-0.15, -0.1) is 0 Å². The Morgan fingerprint density at radius 1 is 0.489 bits per heavy atom. The molecule has 0 bridgehead atoms. The molecule has 4 nitrogen and oxygen atoms in total. The maximum absolute atomic E-state index is 12.8. The maximum Gasteiger partial charge on any atom is 0.310 e. The molecule has 0 aliphatic heterocycles. The molecule has 280 valence electrons. The van der Waals surface area contributed by atoms with E-state index >= 15 is 0 Å². The van der Waals surface area contributed by atoms with Gasteiger partial charge in [0.05, 0.1) is 18.4 Å². The van der Waals surface area contributed by atoms with Crippen molar-refractivity contribution in [3.05, 3.63) is 0 Å². The summed E-state index contributed by atoms with van der Waals surface area (Å²) in [5.74, 6) is 0.518. The normalized spacial score (nSPS) is 11.7. The number of carboxylic acids is 1. The van der Waals surface area contributed by atoms with E-state index in [-0.39, 0.29) is 5.97 Å². The third-order valence-corrected chi connectivity index (χ3v) is 11.3. The zero-order chi connectivity index (χ0) is 34.5. The Morgan fingerprint density at radius 2 is 0.809 bits per heavy atom. The lowest BCUT2D eigenvalue weighted by Crippen LogP contribution is -2.34. The Hall–Kier alpha value is -0.710. The molecule has 0 spiro atoms. The molecule has 0 aromatic rings. The molecule has 0 radical (unpaired) electrons. The van der Waals surface area contributed by atoms with Crippen LogP contribution in [0.15, 0.2) is 0 Å². The maximum atomic E-state index is 12.8. The van der Waals surface area contributed by atoms with Crippen LogP contribution in [0.25, 0.3) is 0 Å². The highest BCUT2D eigenvalue weighted by molar-refractivity contribution is 7.99. The van der Waals surface area contributed by atoms with Crippen LogP contribution >= 0.6 is 11.8 Å². The van der Waals surface area contributed by atoms with Gasteiger partial charge in [0, 0.05) is 11.5 Å². The Labute approximate surface area is 298 Å². The number of carboxylic acid groups (broad SMARTS) is 1. The van der Waals surface area contributed by atoms with Crippen molar-refractivity contribution in [2.75, 3.05) is 18.1 Å². The Balaban J connectivity index is 4.42.